The van der Waals surface area contributed by atoms with E-state index in [0.717, 1.165) is 24.3 Å². The number of rotatable bonds is 3. The van der Waals surface area contributed by atoms with Gasteiger partial charge in [-0.05, 0) is 43.0 Å². The fourth-order valence-electron chi connectivity index (χ4n) is 2.59. The van der Waals surface area contributed by atoms with Crippen molar-refractivity contribution < 1.29 is 9.53 Å². The van der Waals surface area contributed by atoms with Gasteiger partial charge in [0.15, 0.2) is 0 Å². The Balaban J connectivity index is 1.60. The third-order valence-electron chi connectivity index (χ3n) is 3.82. The van der Waals surface area contributed by atoms with Crippen molar-refractivity contribution in [2.75, 3.05) is 7.11 Å². The summed E-state index contributed by atoms with van der Waals surface area (Å²) in [5, 5.41) is 4.24. The monoisotopic (exact) mass is 256 g/mol. The third-order valence-corrected chi connectivity index (χ3v) is 3.82. The van der Waals surface area contributed by atoms with Crippen molar-refractivity contribution in [1.82, 2.24) is 5.43 Å². The number of nitrogens with one attached hydrogen (secondary N) is 1. The van der Waals surface area contributed by atoms with E-state index in [1.165, 1.54) is 0 Å². The molecule has 2 aliphatic rings. The average molecular weight is 256 g/mol. The molecule has 0 bridgehead atoms. The fraction of sp³-hybridized carbons (Fsp3) is 0.333. The van der Waals surface area contributed by atoms with Gasteiger partial charge in [-0.25, -0.2) is 5.43 Å². The first-order valence-electron chi connectivity index (χ1n) is 6.45. The van der Waals surface area contributed by atoms with E-state index in [2.05, 4.69) is 22.7 Å². The summed E-state index contributed by atoms with van der Waals surface area (Å²) >= 11 is 0. The van der Waals surface area contributed by atoms with Gasteiger partial charge >= 0.3 is 0 Å². The van der Waals surface area contributed by atoms with Crippen molar-refractivity contribution in [3.8, 4) is 5.75 Å². The van der Waals surface area contributed by atoms with Crippen molar-refractivity contribution in [2.24, 2.45) is 16.9 Å². The second kappa shape index (κ2) is 4.88. The minimum atomic E-state index is -0.176. The van der Waals surface area contributed by atoms with Gasteiger partial charge in [-0.1, -0.05) is 12.2 Å². The number of hydrazone groups is 1. The molecule has 1 amide bonds. The molecule has 19 heavy (non-hydrogen) atoms. The SMILES string of the molecule is COc1ccc(C(=O)NN=C2CC3C=CCC23)cc1. The van der Waals surface area contributed by atoms with E-state index >= 15 is 0 Å². The second-order valence-electron chi connectivity index (χ2n) is 4.91. The smallest absolute Gasteiger partial charge is 0.271 e. The molecular formula is C15H16N2O2. The number of amides is 1. The molecule has 0 aliphatic heterocycles. The number of benzene rings is 1. The molecule has 4 heteroatoms. The van der Waals surface area contributed by atoms with E-state index in [-0.39, 0.29) is 5.91 Å². The van der Waals surface area contributed by atoms with Crippen LogP contribution in [0.2, 0.25) is 0 Å². The lowest BCUT2D eigenvalue weighted by molar-refractivity contribution is 0.0954. The maximum atomic E-state index is 11.9. The molecule has 1 fully saturated rings. The van der Waals surface area contributed by atoms with Crippen molar-refractivity contribution in [3.63, 3.8) is 0 Å². The lowest BCUT2D eigenvalue weighted by Gasteiger charge is -2.31. The van der Waals surface area contributed by atoms with Gasteiger partial charge in [0.1, 0.15) is 5.75 Å². The zero-order valence-electron chi connectivity index (χ0n) is 10.8. The molecule has 98 valence electrons. The molecule has 0 aromatic heterocycles. The maximum absolute atomic E-state index is 11.9. The number of methoxy groups -OCH3 is 1. The van der Waals surface area contributed by atoms with Crippen LogP contribution in [-0.4, -0.2) is 18.7 Å². The van der Waals surface area contributed by atoms with E-state index in [1.54, 1.807) is 31.4 Å². The Labute approximate surface area is 112 Å². The molecule has 2 unspecified atom stereocenters. The highest BCUT2D eigenvalue weighted by atomic mass is 16.5. The van der Waals surface area contributed by atoms with Gasteiger partial charge in [-0.2, -0.15) is 5.10 Å². The minimum Gasteiger partial charge on any atom is -0.497 e. The number of nitrogens with zero attached hydrogens (tertiary/aromatic N) is 1. The number of allylic oxidation sites excluding steroid dienone is 2. The summed E-state index contributed by atoms with van der Waals surface area (Å²) < 4.78 is 5.05. The summed E-state index contributed by atoms with van der Waals surface area (Å²) in [4.78, 5) is 11.9. The molecule has 1 aromatic carbocycles. The van der Waals surface area contributed by atoms with E-state index in [0.29, 0.717) is 17.4 Å². The lowest BCUT2D eigenvalue weighted by Crippen LogP contribution is -2.35. The van der Waals surface area contributed by atoms with Crippen LogP contribution in [0, 0.1) is 11.8 Å². The molecule has 2 atom stereocenters. The van der Waals surface area contributed by atoms with Crippen LogP contribution in [0.3, 0.4) is 0 Å². The van der Waals surface area contributed by atoms with Gasteiger partial charge in [0.2, 0.25) is 0 Å². The van der Waals surface area contributed by atoms with E-state index in [1.807, 2.05) is 0 Å². The molecule has 1 saturated carbocycles. The highest BCUT2D eigenvalue weighted by Gasteiger charge is 2.37. The Kier molecular flexibility index (Phi) is 3.07. The third kappa shape index (κ3) is 2.26. The topological polar surface area (TPSA) is 50.7 Å². The normalized spacial score (nSPS) is 25.8. The van der Waals surface area contributed by atoms with Crippen molar-refractivity contribution in [1.29, 1.82) is 0 Å². The number of hydrogen-bond acceptors (Lipinski definition) is 3. The number of fused-ring (bicyclic) bond motifs is 1. The van der Waals surface area contributed by atoms with Crippen LogP contribution in [0.25, 0.3) is 0 Å². The predicted molar refractivity (Wildman–Crippen MR) is 73.2 cm³/mol. The van der Waals surface area contributed by atoms with Crippen LogP contribution in [0.4, 0.5) is 0 Å². The van der Waals surface area contributed by atoms with Crippen LogP contribution in [0.15, 0.2) is 41.5 Å². The van der Waals surface area contributed by atoms with Gasteiger partial charge in [0, 0.05) is 17.2 Å². The van der Waals surface area contributed by atoms with Crippen LogP contribution in [-0.2, 0) is 0 Å². The minimum absolute atomic E-state index is 0.176. The zero-order chi connectivity index (χ0) is 13.2. The molecule has 1 N–H and O–H groups in total. The first-order valence-corrected chi connectivity index (χ1v) is 6.45. The molecule has 1 aromatic rings. The second-order valence-corrected chi connectivity index (χ2v) is 4.91. The van der Waals surface area contributed by atoms with Gasteiger partial charge in [0.25, 0.3) is 5.91 Å². The molecule has 3 rings (SSSR count). The first-order chi connectivity index (χ1) is 9.28. The average Bonchev–Trinajstić information content (AvgIpc) is 2.80. The van der Waals surface area contributed by atoms with Gasteiger partial charge in [0.05, 0.1) is 7.11 Å². The Morgan fingerprint density at radius 3 is 2.84 bits per heavy atom. The number of carbonyl (C=O) groups excluding carboxylic acids is 1. The van der Waals surface area contributed by atoms with Crippen molar-refractivity contribution >= 4 is 11.6 Å². The predicted octanol–water partition coefficient (Wildman–Crippen LogP) is 2.38. The molecule has 0 spiro atoms. The summed E-state index contributed by atoms with van der Waals surface area (Å²) in [6.45, 7) is 0. The highest BCUT2D eigenvalue weighted by molar-refractivity contribution is 5.98. The number of ether oxygens (including phenoxy) is 1. The highest BCUT2D eigenvalue weighted by Crippen LogP contribution is 2.40. The quantitative estimate of drug-likeness (QED) is 0.666. The Bertz CT molecular complexity index is 546. The molecule has 0 saturated heterocycles. The van der Waals surface area contributed by atoms with E-state index < -0.39 is 0 Å². The van der Waals surface area contributed by atoms with Gasteiger partial charge in [-0.3, -0.25) is 4.79 Å². The van der Waals surface area contributed by atoms with E-state index in [9.17, 15) is 4.79 Å². The molecular weight excluding hydrogens is 240 g/mol. The van der Waals surface area contributed by atoms with Gasteiger partial charge < -0.3 is 4.74 Å². The Morgan fingerprint density at radius 1 is 1.37 bits per heavy atom. The first kappa shape index (κ1) is 12.0. The van der Waals surface area contributed by atoms with E-state index in [4.69, 9.17) is 4.74 Å². The fourth-order valence-corrected chi connectivity index (χ4v) is 2.59. The van der Waals surface area contributed by atoms with Crippen LogP contribution < -0.4 is 10.2 Å². The summed E-state index contributed by atoms with van der Waals surface area (Å²) in [5.74, 6) is 1.74. The molecule has 4 nitrogen and oxygen atoms in total. The largest absolute Gasteiger partial charge is 0.497 e. The van der Waals surface area contributed by atoms with Gasteiger partial charge in [-0.15, -0.1) is 0 Å². The zero-order valence-corrected chi connectivity index (χ0v) is 10.8. The molecule has 2 aliphatic carbocycles. The summed E-state index contributed by atoms with van der Waals surface area (Å²) in [6.07, 6.45) is 6.48. The van der Waals surface area contributed by atoms with Crippen LogP contribution >= 0.6 is 0 Å². The molecule has 0 heterocycles. The summed E-state index contributed by atoms with van der Waals surface area (Å²) in [6, 6.07) is 6.99. The summed E-state index contributed by atoms with van der Waals surface area (Å²) in [7, 11) is 1.60. The van der Waals surface area contributed by atoms with Crippen molar-refractivity contribution in [3.05, 3.63) is 42.0 Å². The Morgan fingerprint density at radius 2 is 2.16 bits per heavy atom. The number of carbonyl (C=O) groups is 1. The number of hydrogen-bond donors (Lipinski definition) is 1. The van der Waals surface area contributed by atoms with Crippen molar-refractivity contribution in [2.45, 2.75) is 12.8 Å². The van der Waals surface area contributed by atoms with Crippen LogP contribution in [0.5, 0.6) is 5.75 Å². The standard InChI is InChI=1S/C15H16N2O2/c1-19-12-7-5-10(6-8-12)15(18)17-16-14-9-11-3-2-4-13(11)14/h2-3,5-8,11,13H,4,9H2,1H3,(H,17,18). The van der Waals surface area contributed by atoms with Crippen LogP contribution in [0.1, 0.15) is 23.2 Å². The molecule has 0 radical (unpaired) electrons. The maximum Gasteiger partial charge on any atom is 0.271 e. The summed E-state index contributed by atoms with van der Waals surface area (Å²) in [5.41, 5.74) is 4.33. The lowest BCUT2D eigenvalue weighted by atomic mass is 9.74. The Hall–Kier alpha value is -2.10.